The van der Waals surface area contributed by atoms with E-state index >= 15 is 0 Å². The lowest BCUT2D eigenvalue weighted by Gasteiger charge is -2.49. The summed E-state index contributed by atoms with van der Waals surface area (Å²) in [4.78, 5) is 70.8. The molecule has 2 saturated heterocycles. The highest BCUT2D eigenvalue weighted by molar-refractivity contribution is 6.25. The van der Waals surface area contributed by atoms with Gasteiger partial charge in [0.1, 0.15) is 5.75 Å². The summed E-state index contributed by atoms with van der Waals surface area (Å²) >= 11 is 0. The number of rotatable bonds is 6. The lowest BCUT2D eigenvalue weighted by atomic mass is 9.51. The molecule has 9 nitrogen and oxygen atoms in total. The zero-order valence-electron chi connectivity index (χ0n) is 25.1. The van der Waals surface area contributed by atoms with Crippen molar-refractivity contribution < 1.29 is 34.2 Å². The molecule has 2 aliphatic heterocycles. The number of phenolic OH excluding ortho intramolecular Hbond substituents is 1. The van der Waals surface area contributed by atoms with Gasteiger partial charge in [0.2, 0.25) is 23.6 Å². The smallest absolute Gasteiger partial charge is 0.335 e. The van der Waals surface area contributed by atoms with Crippen molar-refractivity contribution in [1.82, 2.24) is 0 Å². The molecule has 0 bridgehead atoms. The van der Waals surface area contributed by atoms with Crippen LogP contribution in [-0.2, 0) is 25.6 Å². The molecule has 3 aromatic carbocycles. The maximum absolute atomic E-state index is 14.5. The number of imide groups is 2. The predicted octanol–water partition coefficient (Wildman–Crippen LogP) is 5.25. The van der Waals surface area contributed by atoms with E-state index in [2.05, 4.69) is 6.58 Å². The summed E-state index contributed by atoms with van der Waals surface area (Å²) in [6.45, 7) is 5.58. The van der Waals surface area contributed by atoms with E-state index < -0.39 is 52.8 Å². The molecule has 0 spiro atoms. The summed E-state index contributed by atoms with van der Waals surface area (Å²) in [6.07, 6.45) is 4.38. The molecule has 9 heteroatoms. The second-order valence-electron chi connectivity index (χ2n) is 12.7. The van der Waals surface area contributed by atoms with Crippen molar-refractivity contribution in [3.63, 3.8) is 0 Å². The van der Waals surface area contributed by atoms with E-state index in [4.69, 9.17) is 0 Å². The Morgan fingerprint density at radius 1 is 0.913 bits per heavy atom. The van der Waals surface area contributed by atoms with Crippen LogP contribution in [0.2, 0.25) is 0 Å². The average molecular weight is 617 g/mol. The van der Waals surface area contributed by atoms with Crippen LogP contribution in [-0.4, -0.2) is 39.8 Å². The number of carbonyl (C=O) groups excluding carboxylic acids is 4. The van der Waals surface area contributed by atoms with Crippen LogP contribution in [0.15, 0.2) is 97.1 Å². The third-order valence-electron chi connectivity index (χ3n) is 10.5. The summed E-state index contributed by atoms with van der Waals surface area (Å²) in [5.74, 6) is -6.49. The molecular weight excluding hydrogens is 584 g/mol. The monoisotopic (exact) mass is 616 g/mol. The summed E-state index contributed by atoms with van der Waals surface area (Å²) in [7, 11) is 0. The van der Waals surface area contributed by atoms with Gasteiger partial charge in [-0.15, -0.1) is 6.58 Å². The number of amides is 4. The Morgan fingerprint density at radius 3 is 2.35 bits per heavy atom. The van der Waals surface area contributed by atoms with E-state index in [9.17, 15) is 34.2 Å². The first-order chi connectivity index (χ1) is 22.1. The summed E-state index contributed by atoms with van der Waals surface area (Å²) in [6, 6.07) is 19.8. The maximum Gasteiger partial charge on any atom is 0.335 e. The Bertz CT molecular complexity index is 1880. The number of phenols is 1. The first-order valence-electron chi connectivity index (χ1n) is 15.4. The number of para-hydroxylation sites is 2. The fourth-order valence-electron chi connectivity index (χ4n) is 8.38. The second kappa shape index (κ2) is 10.7. The molecule has 6 unspecified atom stereocenters. The number of anilines is 2. The van der Waals surface area contributed by atoms with Gasteiger partial charge >= 0.3 is 5.97 Å². The van der Waals surface area contributed by atoms with Crippen LogP contribution in [0.5, 0.6) is 5.75 Å². The molecule has 1 saturated carbocycles. The standard InChI is InChI=1S/C37H32N2O7/c1-3-9-20-10-8-15-26(31(20)40)30-24-16-17-25-29(34(43)38(32(25)41)23-14-7-11-21(18-23)35(44)45)27(24)19-28-33(42)39(36(46)37(28,30)2)22-12-5-4-6-13-22/h3-8,10-16,18,25,27-30,40H,1,9,17,19H2,2H3,(H,44,45). The zero-order valence-corrected chi connectivity index (χ0v) is 25.1. The van der Waals surface area contributed by atoms with Crippen molar-refractivity contribution in [2.75, 3.05) is 9.80 Å². The lowest BCUT2D eigenvalue weighted by molar-refractivity contribution is -0.131. The molecule has 6 atom stereocenters. The van der Waals surface area contributed by atoms with Crippen LogP contribution >= 0.6 is 0 Å². The number of hydrogen-bond acceptors (Lipinski definition) is 6. The Morgan fingerprint density at radius 2 is 1.63 bits per heavy atom. The highest BCUT2D eigenvalue weighted by Gasteiger charge is 2.68. The molecule has 4 aliphatic rings. The van der Waals surface area contributed by atoms with E-state index in [1.165, 1.54) is 29.2 Å². The molecule has 232 valence electrons. The van der Waals surface area contributed by atoms with Crippen LogP contribution in [0, 0.1) is 29.1 Å². The molecule has 2 N–H and O–H groups in total. The number of carboxylic acids is 1. The molecule has 0 aromatic heterocycles. The number of carboxylic acid groups (broad SMARTS) is 1. The van der Waals surface area contributed by atoms with Gasteiger partial charge in [-0.05, 0) is 68.0 Å². The minimum atomic E-state index is -1.28. The van der Waals surface area contributed by atoms with Gasteiger partial charge in [-0.25, -0.2) is 9.69 Å². The summed E-state index contributed by atoms with van der Waals surface area (Å²) in [5, 5.41) is 21.1. The van der Waals surface area contributed by atoms with Gasteiger partial charge in [-0.3, -0.25) is 24.1 Å². The maximum atomic E-state index is 14.5. The number of allylic oxidation sites excluding steroid dienone is 3. The van der Waals surface area contributed by atoms with Crippen LogP contribution in [0.4, 0.5) is 11.4 Å². The van der Waals surface area contributed by atoms with Crippen LogP contribution in [0.3, 0.4) is 0 Å². The minimum absolute atomic E-state index is 0.00963. The van der Waals surface area contributed by atoms with Crippen LogP contribution in [0.1, 0.15) is 47.2 Å². The van der Waals surface area contributed by atoms with E-state index in [1.54, 1.807) is 61.5 Å². The van der Waals surface area contributed by atoms with Gasteiger partial charge < -0.3 is 10.2 Å². The lowest BCUT2D eigenvalue weighted by Crippen LogP contribution is -2.49. The molecule has 7 rings (SSSR count). The van der Waals surface area contributed by atoms with Gasteiger partial charge in [-0.2, -0.15) is 0 Å². The number of hydrogen-bond donors (Lipinski definition) is 2. The van der Waals surface area contributed by atoms with Gasteiger partial charge in [0, 0.05) is 11.5 Å². The summed E-state index contributed by atoms with van der Waals surface area (Å²) in [5.41, 5.74) is 1.16. The molecule has 46 heavy (non-hydrogen) atoms. The van der Waals surface area contributed by atoms with Crippen molar-refractivity contribution >= 4 is 41.0 Å². The summed E-state index contributed by atoms with van der Waals surface area (Å²) < 4.78 is 0. The number of fused-ring (bicyclic) bond motifs is 4. The Balaban J connectivity index is 1.38. The van der Waals surface area contributed by atoms with Crippen LogP contribution in [0.25, 0.3) is 0 Å². The number of aromatic hydroxyl groups is 1. The highest BCUT2D eigenvalue weighted by atomic mass is 16.4. The highest BCUT2D eigenvalue weighted by Crippen LogP contribution is 2.64. The number of benzene rings is 3. The van der Waals surface area contributed by atoms with Crippen LogP contribution < -0.4 is 9.80 Å². The van der Waals surface area contributed by atoms with Gasteiger partial charge in [0.15, 0.2) is 0 Å². The van der Waals surface area contributed by atoms with Crippen molar-refractivity contribution in [1.29, 1.82) is 0 Å². The fraction of sp³-hybridized carbons (Fsp3) is 0.270. The van der Waals surface area contributed by atoms with Gasteiger partial charge in [0.25, 0.3) is 0 Å². The number of nitrogens with zero attached hydrogens (tertiary/aromatic N) is 2. The van der Waals surface area contributed by atoms with Crippen molar-refractivity contribution in [3.8, 4) is 5.75 Å². The fourth-order valence-corrected chi connectivity index (χ4v) is 8.38. The van der Waals surface area contributed by atoms with E-state index in [0.29, 0.717) is 23.2 Å². The number of aromatic carboxylic acids is 1. The van der Waals surface area contributed by atoms with E-state index in [0.717, 1.165) is 10.5 Å². The zero-order chi connectivity index (χ0) is 32.5. The Hall–Kier alpha value is -5.31. The van der Waals surface area contributed by atoms with Crippen molar-refractivity contribution in [3.05, 3.63) is 114 Å². The molecule has 2 aliphatic carbocycles. The third-order valence-corrected chi connectivity index (χ3v) is 10.5. The quantitative estimate of drug-likeness (QED) is 0.285. The van der Waals surface area contributed by atoms with Gasteiger partial charge in [-0.1, -0.05) is 60.2 Å². The normalized spacial score (nSPS) is 28.5. The molecule has 0 radical (unpaired) electrons. The first kappa shape index (κ1) is 29.4. The SMILES string of the molecule is C=CCc1cccc(C2C3=CCC4C(=O)N(c5cccc(C(=O)O)c5)C(=O)C4C3CC3C(=O)N(c4ccccc4)C(=O)C32C)c1O. The van der Waals surface area contributed by atoms with E-state index in [1.807, 2.05) is 6.08 Å². The van der Waals surface area contributed by atoms with Crippen molar-refractivity contribution in [2.24, 2.45) is 29.1 Å². The third kappa shape index (κ3) is 4.04. The van der Waals surface area contributed by atoms with Gasteiger partial charge in [0.05, 0.1) is 40.1 Å². The molecule has 4 amide bonds. The predicted molar refractivity (Wildman–Crippen MR) is 169 cm³/mol. The molecule has 3 aromatic rings. The second-order valence-corrected chi connectivity index (χ2v) is 12.7. The molecule has 3 fully saturated rings. The Labute approximate surface area is 265 Å². The molecule has 2 heterocycles. The van der Waals surface area contributed by atoms with Crippen molar-refractivity contribution in [2.45, 2.75) is 32.1 Å². The minimum Gasteiger partial charge on any atom is -0.507 e. The first-order valence-corrected chi connectivity index (χ1v) is 15.4. The average Bonchev–Trinajstić information content (AvgIpc) is 3.42. The molecular formula is C37H32N2O7. The van der Waals surface area contributed by atoms with E-state index in [-0.39, 0.29) is 41.7 Å². The topological polar surface area (TPSA) is 132 Å². The Kier molecular flexibility index (Phi) is 6.81. The number of carbonyl (C=O) groups is 5. The largest absolute Gasteiger partial charge is 0.507 e.